The molecule has 0 fully saturated rings. The monoisotopic (exact) mass is 670 g/mol. The van der Waals surface area contributed by atoms with Gasteiger partial charge in [0.15, 0.2) is 0 Å². The zero-order valence-corrected chi connectivity index (χ0v) is 22.6. The minimum atomic E-state index is -0.432. The first-order valence-corrected chi connectivity index (χ1v) is 12.7. The Morgan fingerprint density at radius 3 is 2.35 bits per heavy atom. The van der Waals surface area contributed by atoms with Gasteiger partial charge in [0.05, 0.1) is 7.14 Å². The number of para-hydroxylation sites is 1. The van der Waals surface area contributed by atoms with E-state index in [0.717, 1.165) is 29.6 Å². The summed E-state index contributed by atoms with van der Waals surface area (Å²) in [4.78, 5) is 12.7. The number of carbonyl (C=O) groups is 1. The number of carbonyl (C=O) groups excluding carboxylic acids is 1. The van der Waals surface area contributed by atoms with Gasteiger partial charge in [0.2, 0.25) is 0 Å². The number of fused-ring (bicyclic) bond motifs is 1. The van der Waals surface area contributed by atoms with Crippen LogP contribution in [0.5, 0.6) is 5.75 Å². The van der Waals surface area contributed by atoms with Crippen LogP contribution in [0.4, 0.5) is 5.69 Å². The average molecular weight is 670 g/mol. The first kappa shape index (κ1) is 24.2. The third-order valence-corrected chi connectivity index (χ3v) is 6.89. The topological polar surface area (TPSA) is 62.1 Å². The molecule has 0 atom stereocenters. The highest BCUT2D eigenvalue weighted by molar-refractivity contribution is 14.1. The van der Waals surface area contributed by atoms with E-state index in [1.54, 1.807) is 6.08 Å². The Bertz CT molecular complexity index is 1430. The summed E-state index contributed by atoms with van der Waals surface area (Å²) in [6.07, 6.45) is 1.60. The van der Waals surface area contributed by atoms with Gasteiger partial charge >= 0.3 is 0 Å². The van der Waals surface area contributed by atoms with E-state index in [1.165, 1.54) is 10.8 Å². The van der Waals surface area contributed by atoms with Crippen LogP contribution >= 0.6 is 45.2 Å². The Morgan fingerprint density at radius 1 is 0.971 bits per heavy atom. The Hall–Kier alpha value is -2.90. The number of hydrogen-bond acceptors (Lipinski definition) is 3. The van der Waals surface area contributed by atoms with Gasteiger partial charge in [0.25, 0.3) is 5.91 Å². The molecule has 0 aliphatic carbocycles. The number of nitrogens with zero attached hydrogens (tertiary/aromatic N) is 1. The lowest BCUT2D eigenvalue weighted by Gasteiger charge is -2.12. The van der Waals surface area contributed by atoms with Crippen LogP contribution < -0.4 is 10.1 Å². The van der Waals surface area contributed by atoms with Crippen molar-refractivity contribution >= 4 is 73.6 Å². The molecule has 0 saturated heterocycles. The molecule has 0 radical (unpaired) electrons. The van der Waals surface area contributed by atoms with Crippen molar-refractivity contribution in [2.24, 2.45) is 0 Å². The van der Waals surface area contributed by atoms with Crippen LogP contribution in [-0.2, 0) is 11.4 Å². The second kappa shape index (κ2) is 11.0. The van der Waals surface area contributed by atoms with Crippen molar-refractivity contribution in [3.05, 3.63) is 108 Å². The summed E-state index contributed by atoms with van der Waals surface area (Å²) in [5, 5.41) is 14.8. The first-order chi connectivity index (χ1) is 16.4. The van der Waals surface area contributed by atoms with Gasteiger partial charge in [-0.05, 0) is 110 Å². The van der Waals surface area contributed by atoms with Crippen LogP contribution in [0.3, 0.4) is 0 Å². The number of nitriles is 1. The van der Waals surface area contributed by atoms with Crippen LogP contribution in [0.15, 0.2) is 84.4 Å². The molecule has 4 rings (SSSR count). The zero-order chi connectivity index (χ0) is 24.1. The van der Waals surface area contributed by atoms with E-state index in [4.69, 9.17) is 4.74 Å². The van der Waals surface area contributed by atoms with E-state index in [9.17, 15) is 10.1 Å². The molecule has 0 aliphatic rings. The van der Waals surface area contributed by atoms with Crippen LogP contribution in [0.2, 0.25) is 0 Å². The molecule has 6 heteroatoms. The highest BCUT2D eigenvalue weighted by Gasteiger charge is 2.13. The summed E-state index contributed by atoms with van der Waals surface area (Å²) in [5.74, 6) is 0.354. The van der Waals surface area contributed by atoms with Crippen molar-refractivity contribution < 1.29 is 9.53 Å². The third kappa shape index (κ3) is 5.77. The number of nitrogens with one attached hydrogen (secondary N) is 1. The van der Waals surface area contributed by atoms with Crippen molar-refractivity contribution in [3.63, 3.8) is 0 Å². The highest BCUT2D eigenvalue weighted by atomic mass is 127. The smallest absolute Gasteiger partial charge is 0.266 e. The number of halogens is 2. The molecule has 0 aromatic heterocycles. The van der Waals surface area contributed by atoms with E-state index in [1.807, 2.05) is 61.5 Å². The van der Waals surface area contributed by atoms with Crippen LogP contribution in [0, 0.1) is 25.4 Å². The van der Waals surface area contributed by atoms with Crippen LogP contribution in [0.25, 0.3) is 16.8 Å². The fourth-order valence-electron chi connectivity index (χ4n) is 3.50. The van der Waals surface area contributed by atoms with Gasteiger partial charge in [-0.25, -0.2) is 0 Å². The Balaban J connectivity index is 1.51. The number of hydrogen-bond donors (Lipinski definition) is 1. The number of aryl methyl sites for hydroxylation is 1. The molecule has 34 heavy (non-hydrogen) atoms. The molecular weight excluding hydrogens is 650 g/mol. The van der Waals surface area contributed by atoms with E-state index in [-0.39, 0.29) is 5.57 Å². The fourth-order valence-corrected chi connectivity index (χ4v) is 5.63. The van der Waals surface area contributed by atoms with E-state index >= 15 is 0 Å². The number of benzene rings is 4. The lowest BCUT2D eigenvalue weighted by atomic mass is 10.1. The second-order valence-corrected chi connectivity index (χ2v) is 10.0. The van der Waals surface area contributed by atoms with Crippen molar-refractivity contribution in [3.8, 4) is 11.8 Å². The number of rotatable bonds is 6. The van der Waals surface area contributed by atoms with Gasteiger partial charge in [0.1, 0.15) is 24.0 Å². The maximum Gasteiger partial charge on any atom is 0.266 e. The predicted octanol–water partition coefficient (Wildman–Crippen LogP) is 7.48. The molecule has 0 saturated carbocycles. The maximum absolute atomic E-state index is 12.7. The van der Waals surface area contributed by atoms with Gasteiger partial charge in [-0.3, -0.25) is 4.79 Å². The molecule has 0 spiro atoms. The number of amides is 1. The van der Waals surface area contributed by atoms with E-state index in [0.29, 0.717) is 12.3 Å². The molecule has 4 aromatic rings. The minimum absolute atomic E-state index is 0.0414. The number of ether oxygens (including phenoxy) is 1. The van der Waals surface area contributed by atoms with Crippen LogP contribution in [-0.4, -0.2) is 5.91 Å². The number of anilines is 1. The van der Waals surface area contributed by atoms with Gasteiger partial charge in [0, 0.05) is 5.69 Å². The lowest BCUT2D eigenvalue weighted by Crippen LogP contribution is -2.14. The molecule has 0 heterocycles. The zero-order valence-electron chi connectivity index (χ0n) is 18.3. The quantitative estimate of drug-likeness (QED) is 0.132. The second-order valence-electron chi connectivity index (χ2n) is 7.72. The lowest BCUT2D eigenvalue weighted by molar-refractivity contribution is -0.112. The molecule has 0 unspecified atom stereocenters. The normalized spacial score (nSPS) is 11.2. The summed E-state index contributed by atoms with van der Waals surface area (Å²) < 4.78 is 7.97. The maximum atomic E-state index is 12.7. The largest absolute Gasteiger partial charge is 0.487 e. The molecule has 0 bridgehead atoms. The molecule has 168 valence electrons. The summed E-state index contributed by atoms with van der Waals surface area (Å²) in [5.41, 5.74) is 3.53. The minimum Gasteiger partial charge on any atom is -0.487 e. The average Bonchev–Trinajstić information content (AvgIpc) is 2.83. The summed E-state index contributed by atoms with van der Waals surface area (Å²) in [7, 11) is 0. The third-order valence-electron chi connectivity index (χ3n) is 5.29. The van der Waals surface area contributed by atoms with Gasteiger partial charge in [-0.1, -0.05) is 54.6 Å². The van der Waals surface area contributed by atoms with E-state index < -0.39 is 5.91 Å². The van der Waals surface area contributed by atoms with Gasteiger partial charge < -0.3 is 10.1 Å². The van der Waals surface area contributed by atoms with E-state index in [2.05, 4.69) is 80.8 Å². The summed E-state index contributed by atoms with van der Waals surface area (Å²) >= 11 is 4.45. The van der Waals surface area contributed by atoms with Gasteiger partial charge in [-0.2, -0.15) is 5.26 Å². The Kier molecular flexibility index (Phi) is 7.85. The predicted molar refractivity (Wildman–Crippen MR) is 154 cm³/mol. The van der Waals surface area contributed by atoms with Crippen molar-refractivity contribution in [1.29, 1.82) is 5.26 Å². The molecule has 4 nitrogen and oxygen atoms in total. The van der Waals surface area contributed by atoms with Crippen molar-refractivity contribution in [2.75, 3.05) is 5.32 Å². The Labute approximate surface area is 225 Å². The SMILES string of the molecule is Cc1ccccc1NC(=O)/C(C#N)=C\c1cc(I)c(OCc2ccc3ccccc3c2)c(I)c1. The molecule has 0 aliphatic heterocycles. The van der Waals surface area contributed by atoms with Crippen molar-refractivity contribution in [1.82, 2.24) is 0 Å². The summed E-state index contributed by atoms with van der Waals surface area (Å²) in [6.45, 7) is 2.36. The summed E-state index contributed by atoms with van der Waals surface area (Å²) in [6, 6.07) is 27.9. The first-order valence-electron chi connectivity index (χ1n) is 10.5. The highest BCUT2D eigenvalue weighted by Crippen LogP contribution is 2.31. The molecule has 1 amide bonds. The van der Waals surface area contributed by atoms with Crippen LogP contribution in [0.1, 0.15) is 16.7 Å². The van der Waals surface area contributed by atoms with Gasteiger partial charge in [-0.15, -0.1) is 0 Å². The molecular formula is C28H20I2N2O2. The van der Waals surface area contributed by atoms with Crippen molar-refractivity contribution in [2.45, 2.75) is 13.5 Å². The fraction of sp³-hybridized carbons (Fsp3) is 0.0714. The molecule has 4 aromatic carbocycles. The molecule has 1 N–H and O–H groups in total. The Morgan fingerprint density at radius 2 is 1.65 bits per heavy atom. The standard InChI is InChI=1S/C28H20I2N2O2/c1-18-6-2-5-9-26(18)32-28(33)23(16-31)13-20-14-24(29)27(25(30)15-20)34-17-19-10-11-21-7-3-4-8-22(21)12-19/h2-15H,17H2,1H3,(H,32,33)/b23-13-.